The van der Waals surface area contributed by atoms with Crippen LogP contribution in [0.1, 0.15) is 51.9 Å². The van der Waals surface area contributed by atoms with E-state index in [9.17, 15) is 9.59 Å². The molecule has 0 bridgehead atoms. The molecule has 2 aliphatic carbocycles. The van der Waals surface area contributed by atoms with Gasteiger partial charge >= 0.3 is 0 Å². The third-order valence-electron chi connectivity index (χ3n) is 5.26. The number of thioether (sulfide) groups is 1. The summed E-state index contributed by atoms with van der Waals surface area (Å²) in [5.41, 5.74) is 0. The van der Waals surface area contributed by atoms with Crippen molar-refractivity contribution in [1.82, 2.24) is 10.2 Å². The molecule has 0 aromatic rings. The topological polar surface area (TPSA) is 49.4 Å². The van der Waals surface area contributed by atoms with E-state index in [0.717, 1.165) is 19.3 Å². The number of carbonyl (C=O) groups excluding carboxylic acids is 2. The molecule has 4 atom stereocenters. The lowest BCUT2D eigenvalue weighted by Crippen LogP contribution is -2.67. The summed E-state index contributed by atoms with van der Waals surface area (Å²) in [5.74, 6) is 0.646. The smallest absolute Gasteiger partial charge is 0.246 e. The van der Waals surface area contributed by atoms with Crippen LogP contribution >= 0.6 is 11.8 Å². The van der Waals surface area contributed by atoms with Crippen molar-refractivity contribution in [2.24, 2.45) is 5.92 Å². The third kappa shape index (κ3) is 2.81. The maximum absolute atomic E-state index is 13.0. The number of carbonyl (C=O) groups is 2. The number of rotatable bonds is 4. The molecule has 2 amide bonds. The van der Waals surface area contributed by atoms with Crippen molar-refractivity contribution in [3.05, 3.63) is 0 Å². The SMILES string of the molecule is CCC1C(=O)NC(C2CC2)C(=O)N1C1CCCCC1SC. The van der Waals surface area contributed by atoms with E-state index in [0.29, 0.717) is 17.6 Å². The van der Waals surface area contributed by atoms with Gasteiger partial charge in [-0.25, -0.2) is 0 Å². The molecular formula is C16H26N2O2S. The Balaban J connectivity index is 1.86. The minimum absolute atomic E-state index is 0.0689. The molecular weight excluding hydrogens is 284 g/mol. The summed E-state index contributed by atoms with van der Waals surface area (Å²) < 4.78 is 0. The van der Waals surface area contributed by atoms with Crippen molar-refractivity contribution in [3.63, 3.8) is 0 Å². The van der Waals surface area contributed by atoms with E-state index in [4.69, 9.17) is 0 Å². The first-order chi connectivity index (χ1) is 10.2. The zero-order valence-electron chi connectivity index (χ0n) is 13.0. The van der Waals surface area contributed by atoms with Crippen molar-refractivity contribution in [3.8, 4) is 0 Å². The molecule has 0 aromatic carbocycles. The van der Waals surface area contributed by atoms with Crippen molar-refractivity contribution in [2.75, 3.05) is 6.26 Å². The number of hydrogen-bond donors (Lipinski definition) is 1. The summed E-state index contributed by atoms with van der Waals surface area (Å²) in [5, 5.41) is 3.48. The maximum Gasteiger partial charge on any atom is 0.246 e. The molecule has 3 rings (SSSR count). The summed E-state index contributed by atoms with van der Waals surface area (Å²) in [6.45, 7) is 2.01. The summed E-state index contributed by atoms with van der Waals surface area (Å²) in [6, 6.07) is -0.256. The number of nitrogens with one attached hydrogen (secondary N) is 1. The molecule has 1 heterocycles. The molecule has 2 saturated carbocycles. The van der Waals surface area contributed by atoms with E-state index in [1.165, 1.54) is 19.3 Å². The molecule has 1 saturated heterocycles. The molecule has 1 N–H and O–H groups in total. The van der Waals surface area contributed by atoms with Gasteiger partial charge in [0.2, 0.25) is 11.8 Å². The highest BCUT2D eigenvalue weighted by Crippen LogP contribution is 2.38. The fourth-order valence-electron chi connectivity index (χ4n) is 3.95. The van der Waals surface area contributed by atoms with Crippen molar-refractivity contribution >= 4 is 23.6 Å². The van der Waals surface area contributed by atoms with Crippen LogP contribution in [0.5, 0.6) is 0 Å². The Morgan fingerprint density at radius 2 is 1.90 bits per heavy atom. The molecule has 4 nitrogen and oxygen atoms in total. The van der Waals surface area contributed by atoms with Crippen LogP contribution < -0.4 is 5.32 Å². The van der Waals surface area contributed by atoms with E-state index in [1.54, 1.807) is 0 Å². The van der Waals surface area contributed by atoms with Gasteiger partial charge in [-0.1, -0.05) is 19.8 Å². The highest BCUT2D eigenvalue weighted by Gasteiger charge is 2.49. The van der Waals surface area contributed by atoms with E-state index >= 15 is 0 Å². The third-order valence-corrected chi connectivity index (χ3v) is 6.42. The number of amides is 2. The van der Waals surface area contributed by atoms with Crippen LogP contribution in [0.4, 0.5) is 0 Å². The normalized spacial score (nSPS) is 37.5. The van der Waals surface area contributed by atoms with Gasteiger partial charge in [0.25, 0.3) is 0 Å². The minimum Gasteiger partial charge on any atom is -0.342 e. The van der Waals surface area contributed by atoms with Crippen molar-refractivity contribution < 1.29 is 9.59 Å². The van der Waals surface area contributed by atoms with Gasteiger partial charge in [0.05, 0.1) is 0 Å². The second-order valence-electron chi connectivity index (χ2n) is 6.62. The molecule has 118 valence electrons. The average molecular weight is 310 g/mol. The Morgan fingerprint density at radius 1 is 1.19 bits per heavy atom. The quantitative estimate of drug-likeness (QED) is 0.866. The highest BCUT2D eigenvalue weighted by atomic mass is 32.2. The Morgan fingerprint density at radius 3 is 2.52 bits per heavy atom. The van der Waals surface area contributed by atoms with E-state index < -0.39 is 0 Å². The van der Waals surface area contributed by atoms with Crippen molar-refractivity contribution in [2.45, 2.75) is 75.2 Å². The summed E-state index contributed by atoms with van der Waals surface area (Å²) in [4.78, 5) is 27.4. The first kappa shape index (κ1) is 15.2. The highest BCUT2D eigenvalue weighted by molar-refractivity contribution is 7.99. The van der Waals surface area contributed by atoms with E-state index in [1.807, 2.05) is 23.6 Å². The van der Waals surface area contributed by atoms with Crippen LogP contribution in [-0.2, 0) is 9.59 Å². The number of piperazine rings is 1. The van der Waals surface area contributed by atoms with Crippen LogP contribution in [0.25, 0.3) is 0 Å². The van der Waals surface area contributed by atoms with Crippen LogP contribution in [-0.4, -0.2) is 46.3 Å². The molecule has 1 aliphatic heterocycles. The lowest BCUT2D eigenvalue weighted by Gasteiger charge is -2.47. The van der Waals surface area contributed by atoms with Crippen LogP contribution in [0.15, 0.2) is 0 Å². The lowest BCUT2D eigenvalue weighted by atomic mass is 9.89. The summed E-state index contributed by atoms with van der Waals surface area (Å²) >= 11 is 1.86. The molecule has 0 radical (unpaired) electrons. The predicted octanol–water partition coefficient (Wildman–Crippen LogP) is 2.18. The lowest BCUT2D eigenvalue weighted by molar-refractivity contribution is -0.153. The maximum atomic E-state index is 13.0. The van der Waals surface area contributed by atoms with E-state index in [-0.39, 0.29) is 29.9 Å². The number of hydrogen-bond acceptors (Lipinski definition) is 3. The fourth-order valence-corrected chi connectivity index (χ4v) is 4.93. The van der Waals surface area contributed by atoms with Crippen LogP contribution in [0, 0.1) is 5.92 Å². The van der Waals surface area contributed by atoms with Gasteiger partial charge in [-0.05, 0) is 44.3 Å². The van der Waals surface area contributed by atoms with Gasteiger partial charge in [0, 0.05) is 11.3 Å². The van der Waals surface area contributed by atoms with Gasteiger partial charge in [-0.3, -0.25) is 9.59 Å². The Bertz CT molecular complexity index is 425. The fraction of sp³-hybridized carbons (Fsp3) is 0.875. The molecule has 5 heteroatoms. The van der Waals surface area contributed by atoms with Gasteiger partial charge in [0.1, 0.15) is 12.1 Å². The molecule has 3 fully saturated rings. The summed E-state index contributed by atoms with van der Waals surface area (Å²) in [7, 11) is 0. The van der Waals surface area contributed by atoms with Gasteiger partial charge < -0.3 is 10.2 Å². The largest absolute Gasteiger partial charge is 0.342 e. The zero-order valence-corrected chi connectivity index (χ0v) is 13.8. The molecule has 0 aromatic heterocycles. The Kier molecular flexibility index (Phi) is 4.48. The monoisotopic (exact) mass is 310 g/mol. The zero-order chi connectivity index (χ0) is 15.0. The standard InChI is InChI=1S/C16H26N2O2S/c1-3-11-15(19)17-14(10-8-9-10)16(20)18(11)12-6-4-5-7-13(12)21-2/h10-14H,3-9H2,1-2H3,(H,17,19). The number of nitrogens with zero attached hydrogens (tertiary/aromatic N) is 1. The first-order valence-electron chi connectivity index (χ1n) is 8.32. The predicted molar refractivity (Wildman–Crippen MR) is 85.1 cm³/mol. The van der Waals surface area contributed by atoms with Crippen LogP contribution in [0.3, 0.4) is 0 Å². The van der Waals surface area contributed by atoms with Crippen LogP contribution in [0.2, 0.25) is 0 Å². The average Bonchev–Trinajstić information content (AvgIpc) is 3.33. The van der Waals surface area contributed by atoms with Gasteiger partial charge in [-0.15, -0.1) is 0 Å². The first-order valence-corrected chi connectivity index (χ1v) is 9.61. The minimum atomic E-state index is -0.259. The molecule has 21 heavy (non-hydrogen) atoms. The van der Waals surface area contributed by atoms with Crippen molar-refractivity contribution in [1.29, 1.82) is 0 Å². The Hall–Kier alpha value is -0.710. The second-order valence-corrected chi connectivity index (χ2v) is 7.70. The summed E-state index contributed by atoms with van der Waals surface area (Å²) in [6.07, 6.45) is 9.66. The Labute approximate surface area is 131 Å². The molecule has 0 spiro atoms. The van der Waals surface area contributed by atoms with Gasteiger partial charge in [0.15, 0.2) is 0 Å². The van der Waals surface area contributed by atoms with E-state index in [2.05, 4.69) is 11.6 Å². The molecule has 4 unspecified atom stereocenters. The van der Waals surface area contributed by atoms with Gasteiger partial charge in [-0.2, -0.15) is 11.8 Å². The second kappa shape index (κ2) is 6.19. The molecule has 3 aliphatic rings.